The van der Waals surface area contributed by atoms with Crippen LogP contribution in [0.5, 0.6) is 0 Å². The minimum Gasteiger partial charge on any atom is -0.383 e. The molecule has 0 bridgehead atoms. The number of nitrogens with two attached hydrogens (primary N) is 1. The lowest BCUT2D eigenvalue weighted by atomic mass is 9.95. The zero-order valence-electron chi connectivity index (χ0n) is 9.58. The molecule has 16 heavy (non-hydrogen) atoms. The second kappa shape index (κ2) is 3.59. The summed E-state index contributed by atoms with van der Waals surface area (Å²) in [6.45, 7) is 6.18. The molecule has 0 spiro atoms. The Labute approximate surface area is 99.7 Å². The molecule has 0 atom stereocenters. The van der Waals surface area contributed by atoms with Crippen LogP contribution in [-0.4, -0.2) is 9.97 Å². The average Bonchev–Trinajstić information content (AvgIpc) is 2.17. The van der Waals surface area contributed by atoms with E-state index in [2.05, 4.69) is 30.7 Å². The van der Waals surface area contributed by atoms with E-state index >= 15 is 0 Å². The van der Waals surface area contributed by atoms with Crippen LogP contribution in [0.4, 0.5) is 5.82 Å². The number of fused-ring (bicyclic) bond motifs is 1. The molecule has 0 aliphatic carbocycles. The first-order valence-corrected chi connectivity index (χ1v) is 5.49. The maximum atomic E-state index is 5.91. The highest BCUT2D eigenvalue weighted by Gasteiger charge is 2.18. The highest BCUT2D eigenvalue weighted by molar-refractivity contribution is 6.31. The van der Waals surface area contributed by atoms with Gasteiger partial charge in [0.2, 0.25) is 0 Å². The molecule has 1 aromatic carbocycles. The molecule has 3 nitrogen and oxygen atoms in total. The topological polar surface area (TPSA) is 51.8 Å². The Morgan fingerprint density at radius 1 is 1.19 bits per heavy atom. The van der Waals surface area contributed by atoms with Gasteiger partial charge < -0.3 is 5.73 Å². The van der Waals surface area contributed by atoms with Crippen LogP contribution in [0, 0.1) is 0 Å². The Morgan fingerprint density at radius 2 is 1.88 bits per heavy atom. The van der Waals surface area contributed by atoms with E-state index < -0.39 is 0 Å². The summed E-state index contributed by atoms with van der Waals surface area (Å²) in [7, 11) is 0. The van der Waals surface area contributed by atoms with Gasteiger partial charge in [0.05, 0.1) is 5.52 Å². The SMILES string of the molecule is CC(C)(C)c1nc(N)c2cc(Cl)ccc2n1. The van der Waals surface area contributed by atoms with E-state index in [1.54, 1.807) is 6.07 Å². The Bertz CT molecular complexity index is 544. The largest absolute Gasteiger partial charge is 0.383 e. The molecule has 0 aliphatic rings. The van der Waals surface area contributed by atoms with Crippen molar-refractivity contribution in [1.29, 1.82) is 0 Å². The maximum Gasteiger partial charge on any atom is 0.136 e. The van der Waals surface area contributed by atoms with E-state index in [1.807, 2.05) is 12.1 Å². The molecule has 1 heterocycles. The molecule has 1 aromatic heterocycles. The summed E-state index contributed by atoms with van der Waals surface area (Å²) in [5, 5.41) is 1.45. The van der Waals surface area contributed by atoms with Gasteiger partial charge in [-0.3, -0.25) is 0 Å². The molecule has 84 valence electrons. The van der Waals surface area contributed by atoms with Crippen LogP contribution in [0.25, 0.3) is 10.9 Å². The van der Waals surface area contributed by atoms with E-state index in [9.17, 15) is 0 Å². The van der Waals surface area contributed by atoms with Gasteiger partial charge in [0.15, 0.2) is 0 Å². The first-order valence-electron chi connectivity index (χ1n) is 5.11. The van der Waals surface area contributed by atoms with Crippen molar-refractivity contribution in [1.82, 2.24) is 9.97 Å². The Balaban J connectivity index is 2.74. The molecule has 0 saturated heterocycles. The smallest absolute Gasteiger partial charge is 0.136 e. The van der Waals surface area contributed by atoms with Crippen molar-refractivity contribution >= 4 is 28.3 Å². The minimum atomic E-state index is -0.109. The highest BCUT2D eigenvalue weighted by Crippen LogP contribution is 2.26. The van der Waals surface area contributed by atoms with Crippen molar-refractivity contribution in [3.05, 3.63) is 29.0 Å². The van der Waals surface area contributed by atoms with Gasteiger partial charge in [-0.25, -0.2) is 9.97 Å². The van der Waals surface area contributed by atoms with Gasteiger partial charge in [-0.2, -0.15) is 0 Å². The second-order valence-corrected chi connectivity index (χ2v) is 5.28. The molecule has 4 heteroatoms. The molecular weight excluding hydrogens is 222 g/mol. The third kappa shape index (κ3) is 1.95. The molecule has 0 aliphatic heterocycles. The van der Waals surface area contributed by atoms with E-state index in [1.165, 1.54) is 0 Å². The van der Waals surface area contributed by atoms with Gasteiger partial charge in [-0.05, 0) is 18.2 Å². The van der Waals surface area contributed by atoms with E-state index in [0.29, 0.717) is 10.8 Å². The van der Waals surface area contributed by atoms with Crippen molar-refractivity contribution < 1.29 is 0 Å². The third-order valence-corrected chi connectivity index (χ3v) is 2.59. The number of halogens is 1. The zero-order chi connectivity index (χ0) is 11.9. The Morgan fingerprint density at radius 3 is 2.50 bits per heavy atom. The molecule has 0 unspecified atom stereocenters. The van der Waals surface area contributed by atoms with Gasteiger partial charge in [0.25, 0.3) is 0 Å². The van der Waals surface area contributed by atoms with Crippen molar-refractivity contribution in [2.24, 2.45) is 0 Å². The number of anilines is 1. The summed E-state index contributed by atoms with van der Waals surface area (Å²) in [6.07, 6.45) is 0. The van der Waals surface area contributed by atoms with E-state index in [-0.39, 0.29) is 5.41 Å². The Kier molecular flexibility index (Phi) is 2.50. The quantitative estimate of drug-likeness (QED) is 0.763. The van der Waals surface area contributed by atoms with Crippen molar-refractivity contribution in [2.75, 3.05) is 5.73 Å². The number of rotatable bonds is 0. The fourth-order valence-corrected chi connectivity index (χ4v) is 1.63. The summed E-state index contributed by atoms with van der Waals surface area (Å²) >= 11 is 5.91. The minimum absolute atomic E-state index is 0.109. The number of benzene rings is 1. The van der Waals surface area contributed by atoms with Crippen LogP contribution in [0.2, 0.25) is 5.02 Å². The van der Waals surface area contributed by atoms with Crippen LogP contribution in [0.3, 0.4) is 0 Å². The predicted molar refractivity (Wildman–Crippen MR) is 67.7 cm³/mol. The van der Waals surface area contributed by atoms with Crippen LogP contribution in [0.1, 0.15) is 26.6 Å². The van der Waals surface area contributed by atoms with E-state index in [4.69, 9.17) is 17.3 Å². The standard InChI is InChI=1S/C12H14ClN3/c1-12(2,3)11-15-9-5-4-7(13)6-8(9)10(14)16-11/h4-6H,1-3H3,(H2,14,15,16). The summed E-state index contributed by atoms with van der Waals surface area (Å²) in [5.74, 6) is 1.23. The van der Waals surface area contributed by atoms with Crippen LogP contribution >= 0.6 is 11.6 Å². The molecule has 2 rings (SSSR count). The molecule has 2 aromatic rings. The van der Waals surface area contributed by atoms with Gasteiger partial charge in [0.1, 0.15) is 11.6 Å². The summed E-state index contributed by atoms with van der Waals surface area (Å²) in [5.41, 5.74) is 6.64. The first kappa shape index (κ1) is 11.1. The number of hydrogen-bond acceptors (Lipinski definition) is 3. The number of nitrogen functional groups attached to an aromatic ring is 1. The van der Waals surface area contributed by atoms with E-state index in [0.717, 1.165) is 16.7 Å². The van der Waals surface area contributed by atoms with Gasteiger partial charge in [0, 0.05) is 15.8 Å². The molecular formula is C12H14ClN3. The second-order valence-electron chi connectivity index (χ2n) is 4.84. The molecule has 0 fully saturated rings. The summed E-state index contributed by atoms with van der Waals surface area (Å²) < 4.78 is 0. The van der Waals surface area contributed by atoms with Crippen molar-refractivity contribution in [2.45, 2.75) is 26.2 Å². The fraction of sp³-hybridized carbons (Fsp3) is 0.333. The summed E-state index contributed by atoms with van der Waals surface area (Å²) in [6, 6.07) is 5.46. The highest BCUT2D eigenvalue weighted by atomic mass is 35.5. The lowest BCUT2D eigenvalue weighted by Crippen LogP contribution is -2.17. The molecule has 2 N–H and O–H groups in total. The lowest BCUT2D eigenvalue weighted by molar-refractivity contribution is 0.549. The third-order valence-electron chi connectivity index (χ3n) is 2.36. The van der Waals surface area contributed by atoms with Crippen LogP contribution in [0.15, 0.2) is 18.2 Å². The Hall–Kier alpha value is -1.35. The van der Waals surface area contributed by atoms with Gasteiger partial charge in [-0.15, -0.1) is 0 Å². The van der Waals surface area contributed by atoms with Gasteiger partial charge >= 0.3 is 0 Å². The lowest BCUT2D eigenvalue weighted by Gasteiger charge is -2.17. The number of aromatic nitrogens is 2. The normalized spacial score (nSPS) is 12.0. The van der Waals surface area contributed by atoms with Crippen molar-refractivity contribution in [3.8, 4) is 0 Å². The number of hydrogen-bond donors (Lipinski definition) is 1. The van der Waals surface area contributed by atoms with Crippen molar-refractivity contribution in [3.63, 3.8) is 0 Å². The zero-order valence-corrected chi connectivity index (χ0v) is 10.3. The fourth-order valence-electron chi connectivity index (χ4n) is 1.46. The monoisotopic (exact) mass is 235 g/mol. The van der Waals surface area contributed by atoms with Crippen LogP contribution < -0.4 is 5.73 Å². The maximum absolute atomic E-state index is 5.91. The van der Waals surface area contributed by atoms with Crippen LogP contribution in [-0.2, 0) is 5.41 Å². The molecule has 0 saturated carbocycles. The molecule has 0 radical (unpaired) electrons. The average molecular weight is 236 g/mol. The first-order chi connectivity index (χ1) is 7.38. The number of nitrogens with zero attached hydrogens (tertiary/aromatic N) is 2. The molecule has 0 amide bonds. The predicted octanol–water partition coefficient (Wildman–Crippen LogP) is 3.16. The summed E-state index contributed by atoms with van der Waals surface area (Å²) in [4.78, 5) is 8.82. The van der Waals surface area contributed by atoms with Gasteiger partial charge in [-0.1, -0.05) is 32.4 Å².